The van der Waals surface area contributed by atoms with Gasteiger partial charge in [0.25, 0.3) is 0 Å². The van der Waals surface area contributed by atoms with Gasteiger partial charge in [-0.1, -0.05) is 0 Å². The second-order valence-electron chi connectivity index (χ2n) is 4.36. The van der Waals surface area contributed by atoms with Crippen LogP contribution in [0.25, 0.3) is 0 Å². The van der Waals surface area contributed by atoms with E-state index < -0.39 is 0 Å². The normalized spacial score (nSPS) is 43.8. The Morgan fingerprint density at radius 1 is 1.10 bits per heavy atom. The van der Waals surface area contributed by atoms with Gasteiger partial charge in [-0.15, -0.1) is 0 Å². The highest BCUT2D eigenvalue weighted by molar-refractivity contribution is 4.79. The van der Waals surface area contributed by atoms with Gasteiger partial charge in [0.15, 0.2) is 0 Å². The molecule has 0 N–H and O–H groups in total. The zero-order valence-corrected chi connectivity index (χ0v) is 6.84. The Balaban J connectivity index is 2.07. The lowest BCUT2D eigenvalue weighted by Crippen LogP contribution is -2.38. The number of ether oxygens (including phenoxy) is 1. The third-order valence-electron chi connectivity index (χ3n) is 2.79. The maximum Gasteiger partial charge on any atom is 0.0839 e. The number of fused-ring (bicyclic) bond motifs is 1. The van der Waals surface area contributed by atoms with Gasteiger partial charge in [0, 0.05) is 11.8 Å². The molecule has 2 nitrogen and oxygen atoms in total. The molecule has 58 valence electrons. The van der Waals surface area contributed by atoms with Crippen LogP contribution in [-0.2, 0) is 4.74 Å². The molecule has 0 saturated carbocycles. The molecule has 0 aromatic heterocycles. The van der Waals surface area contributed by atoms with E-state index in [1.165, 1.54) is 17.6 Å². The first kappa shape index (κ1) is 6.62. The number of rotatable bonds is 0. The molecule has 0 radical (unpaired) electrons. The molecule has 2 aliphatic heterocycles. The smallest absolute Gasteiger partial charge is 0.0839 e. The molecule has 0 bridgehead atoms. The van der Waals surface area contributed by atoms with Gasteiger partial charge in [0.2, 0.25) is 0 Å². The summed E-state index contributed by atoms with van der Waals surface area (Å²) in [6.45, 7) is 4.69. The lowest BCUT2D eigenvalue weighted by atomic mass is 10.0. The Morgan fingerprint density at radius 2 is 1.60 bits per heavy atom. The van der Waals surface area contributed by atoms with Crippen LogP contribution in [0, 0.1) is 11.8 Å². The van der Waals surface area contributed by atoms with Crippen LogP contribution in [-0.4, -0.2) is 44.9 Å². The Hall–Kier alpha value is -0.0800. The molecule has 0 aromatic carbocycles. The summed E-state index contributed by atoms with van der Waals surface area (Å²) < 4.78 is 6.60. The van der Waals surface area contributed by atoms with E-state index in [0.717, 1.165) is 25.0 Å². The maximum atomic E-state index is 5.39. The van der Waals surface area contributed by atoms with Gasteiger partial charge in [0.1, 0.15) is 0 Å². The lowest BCUT2D eigenvalue weighted by molar-refractivity contribution is -0.881. The fourth-order valence-corrected chi connectivity index (χ4v) is 2.39. The molecule has 2 heterocycles. The summed E-state index contributed by atoms with van der Waals surface area (Å²) in [6.07, 6.45) is 0. The molecular formula is C8H16NO+. The molecule has 2 aliphatic rings. The minimum Gasteiger partial charge on any atom is -0.380 e. The van der Waals surface area contributed by atoms with Crippen LogP contribution in [0.5, 0.6) is 0 Å². The van der Waals surface area contributed by atoms with E-state index in [0.29, 0.717) is 0 Å². The summed E-state index contributed by atoms with van der Waals surface area (Å²) in [4.78, 5) is 0. The van der Waals surface area contributed by atoms with E-state index in [1.807, 2.05) is 0 Å². The molecule has 0 spiro atoms. The average molecular weight is 142 g/mol. The highest BCUT2D eigenvalue weighted by Gasteiger charge is 2.43. The van der Waals surface area contributed by atoms with E-state index in [4.69, 9.17) is 4.74 Å². The predicted octanol–water partition coefficient (Wildman–Crippen LogP) is 0.339. The molecule has 2 heteroatoms. The van der Waals surface area contributed by atoms with Crippen molar-refractivity contribution in [2.45, 2.75) is 0 Å². The third kappa shape index (κ3) is 0.956. The highest BCUT2D eigenvalue weighted by atomic mass is 16.5. The molecule has 0 aliphatic carbocycles. The Labute approximate surface area is 62.4 Å². The van der Waals surface area contributed by atoms with E-state index in [2.05, 4.69) is 14.1 Å². The zero-order chi connectivity index (χ0) is 7.19. The average Bonchev–Trinajstić information content (AvgIpc) is 2.20. The summed E-state index contributed by atoms with van der Waals surface area (Å²) in [7, 11) is 4.64. The summed E-state index contributed by atoms with van der Waals surface area (Å²) in [6, 6.07) is 0. The van der Waals surface area contributed by atoms with Gasteiger partial charge in [-0.05, 0) is 0 Å². The van der Waals surface area contributed by atoms with E-state index in [9.17, 15) is 0 Å². The van der Waals surface area contributed by atoms with Crippen molar-refractivity contribution >= 4 is 0 Å². The fourth-order valence-electron chi connectivity index (χ4n) is 2.39. The van der Waals surface area contributed by atoms with Crippen LogP contribution in [0.15, 0.2) is 0 Å². The van der Waals surface area contributed by atoms with Crippen molar-refractivity contribution in [3.8, 4) is 0 Å². The number of hydrogen-bond donors (Lipinski definition) is 0. The van der Waals surface area contributed by atoms with E-state index in [1.54, 1.807) is 0 Å². The van der Waals surface area contributed by atoms with Crippen LogP contribution in [0.1, 0.15) is 0 Å². The van der Waals surface area contributed by atoms with Crippen LogP contribution < -0.4 is 0 Å². The molecule has 2 rings (SSSR count). The Bertz CT molecular complexity index is 130. The van der Waals surface area contributed by atoms with Gasteiger partial charge >= 0.3 is 0 Å². The van der Waals surface area contributed by atoms with E-state index in [-0.39, 0.29) is 0 Å². The number of quaternary nitrogens is 1. The Morgan fingerprint density at radius 3 is 2.10 bits per heavy atom. The van der Waals surface area contributed by atoms with Crippen LogP contribution in [0.4, 0.5) is 0 Å². The second kappa shape index (κ2) is 1.95. The van der Waals surface area contributed by atoms with Crippen molar-refractivity contribution in [3.05, 3.63) is 0 Å². The first-order chi connectivity index (χ1) is 4.67. The van der Waals surface area contributed by atoms with Crippen molar-refractivity contribution in [1.29, 1.82) is 0 Å². The first-order valence-corrected chi connectivity index (χ1v) is 4.07. The molecule has 2 unspecified atom stereocenters. The molecular weight excluding hydrogens is 126 g/mol. The monoisotopic (exact) mass is 142 g/mol. The molecule has 0 aromatic rings. The fraction of sp³-hybridized carbons (Fsp3) is 1.00. The van der Waals surface area contributed by atoms with Crippen LogP contribution in [0.3, 0.4) is 0 Å². The Kier molecular flexibility index (Phi) is 1.29. The summed E-state index contributed by atoms with van der Waals surface area (Å²) >= 11 is 0. The van der Waals surface area contributed by atoms with Gasteiger partial charge in [-0.2, -0.15) is 0 Å². The van der Waals surface area contributed by atoms with Crippen molar-refractivity contribution in [2.24, 2.45) is 11.8 Å². The first-order valence-electron chi connectivity index (χ1n) is 4.07. The van der Waals surface area contributed by atoms with Crippen LogP contribution >= 0.6 is 0 Å². The minimum absolute atomic E-state index is 0.870. The van der Waals surface area contributed by atoms with E-state index >= 15 is 0 Å². The zero-order valence-electron chi connectivity index (χ0n) is 6.84. The number of hydrogen-bond acceptors (Lipinski definition) is 1. The molecule has 0 amide bonds. The molecule has 2 saturated heterocycles. The topological polar surface area (TPSA) is 9.23 Å². The summed E-state index contributed by atoms with van der Waals surface area (Å²) in [5.74, 6) is 1.74. The van der Waals surface area contributed by atoms with Gasteiger partial charge in [0.05, 0.1) is 40.4 Å². The second-order valence-corrected chi connectivity index (χ2v) is 4.36. The summed E-state index contributed by atoms with van der Waals surface area (Å²) in [5, 5.41) is 0. The van der Waals surface area contributed by atoms with Gasteiger partial charge < -0.3 is 9.22 Å². The van der Waals surface area contributed by atoms with Crippen molar-refractivity contribution < 1.29 is 9.22 Å². The SMILES string of the molecule is C[N+]1(C)CC2COCC2C1. The number of likely N-dealkylation sites (tertiary alicyclic amines) is 1. The summed E-state index contributed by atoms with van der Waals surface area (Å²) in [5.41, 5.74) is 0. The maximum absolute atomic E-state index is 5.39. The molecule has 2 atom stereocenters. The standard InChI is InChI=1S/C8H16NO/c1-9(2)3-7-5-10-6-8(7)4-9/h7-8H,3-6H2,1-2H3/q+1. The van der Waals surface area contributed by atoms with Crippen molar-refractivity contribution in [3.63, 3.8) is 0 Å². The minimum atomic E-state index is 0.870. The van der Waals surface area contributed by atoms with Crippen LogP contribution in [0.2, 0.25) is 0 Å². The van der Waals surface area contributed by atoms with Gasteiger partial charge in [-0.25, -0.2) is 0 Å². The van der Waals surface area contributed by atoms with Crippen molar-refractivity contribution in [2.75, 3.05) is 40.4 Å². The lowest BCUT2D eigenvalue weighted by Gasteiger charge is -2.24. The van der Waals surface area contributed by atoms with Crippen molar-refractivity contribution in [1.82, 2.24) is 0 Å². The molecule has 10 heavy (non-hydrogen) atoms. The third-order valence-corrected chi connectivity index (χ3v) is 2.79. The van der Waals surface area contributed by atoms with Gasteiger partial charge in [-0.3, -0.25) is 0 Å². The predicted molar refractivity (Wildman–Crippen MR) is 39.6 cm³/mol. The molecule has 2 fully saturated rings. The quantitative estimate of drug-likeness (QED) is 0.443. The largest absolute Gasteiger partial charge is 0.380 e. The highest BCUT2D eigenvalue weighted by Crippen LogP contribution is 2.31. The number of nitrogens with zero attached hydrogens (tertiary/aromatic N) is 1.